The Morgan fingerprint density at radius 2 is 1.75 bits per heavy atom. The number of hydrogen-bond acceptors (Lipinski definition) is 2. The van der Waals surface area contributed by atoms with Gasteiger partial charge in [0.15, 0.2) is 0 Å². The minimum Gasteiger partial charge on any atom is -0.497 e. The molecule has 6 heteroatoms. The average Bonchev–Trinajstić information content (AvgIpc) is 3.16. The Kier molecular flexibility index (Phi) is 6.28. The first-order valence-electron chi connectivity index (χ1n) is 10.1. The summed E-state index contributed by atoms with van der Waals surface area (Å²) in [4.78, 5) is 13.1. The highest BCUT2D eigenvalue weighted by Gasteiger charge is 2.20. The molecule has 162 valence electrons. The van der Waals surface area contributed by atoms with Crippen molar-refractivity contribution in [2.24, 2.45) is 0 Å². The second-order valence-electron chi connectivity index (χ2n) is 7.38. The van der Waals surface area contributed by atoms with Gasteiger partial charge in [-0.05, 0) is 60.5 Å². The van der Waals surface area contributed by atoms with E-state index in [2.05, 4.69) is 5.32 Å². The van der Waals surface area contributed by atoms with Gasteiger partial charge in [0.2, 0.25) is 0 Å². The van der Waals surface area contributed by atoms with Crippen molar-refractivity contribution >= 4 is 17.5 Å². The average molecular weight is 449 g/mol. The number of hydrogen-bond donors (Lipinski definition) is 1. The van der Waals surface area contributed by atoms with Crippen LogP contribution in [0.4, 0.5) is 4.39 Å². The third-order valence-electron chi connectivity index (χ3n) is 5.31. The molecule has 0 spiro atoms. The summed E-state index contributed by atoms with van der Waals surface area (Å²) in [6.07, 6.45) is 0. The number of aromatic nitrogens is 1. The van der Waals surface area contributed by atoms with E-state index in [-0.39, 0.29) is 11.7 Å². The van der Waals surface area contributed by atoms with Gasteiger partial charge in [-0.3, -0.25) is 4.79 Å². The molecule has 0 aliphatic heterocycles. The van der Waals surface area contributed by atoms with E-state index in [1.807, 2.05) is 66.1 Å². The van der Waals surface area contributed by atoms with Crippen LogP contribution in [0, 0.1) is 12.7 Å². The largest absolute Gasteiger partial charge is 0.497 e. The molecule has 4 rings (SSSR count). The van der Waals surface area contributed by atoms with Gasteiger partial charge in [-0.1, -0.05) is 41.9 Å². The van der Waals surface area contributed by atoms with Gasteiger partial charge in [0, 0.05) is 29.0 Å². The van der Waals surface area contributed by atoms with Gasteiger partial charge in [-0.2, -0.15) is 0 Å². The Morgan fingerprint density at radius 1 is 1.03 bits per heavy atom. The fraction of sp³-hybridized carbons (Fsp3) is 0.115. The zero-order chi connectivity index (χ0) is 22.7. The van der Waals surface area contributed by atoms with Crippen LogP contribution < -0.4 is 10.1 Å². The lowest BCUT2D eigenvalue weighted by Crippen LogP contribution is -2.23. The summed E-state index contributed by atoms with van der Waals surface area (Å²) in [7, 11) is 1.62. The standard InChI is InChI=1S/C26H22ClFN2O2/c1-17-24(26(31)29-16-18-6-12-21(28)13-7-18)15-25(19-8-10-20(27)11-9-19)30(17)22-4-3-5-23(14-22)32-2/h3-15H,16H2,1-2H3,(H,29,31). The van der Waals surface area contributed by atoms with Crippen molar-refractivity contribution in [2.45, 2.75) is 13.5 Å². The van der Waals surface area contributed by atoms with Gasteiger partial charge < -0.3 is 14.6 Å². The third-order valence-corrected chi connectivity index (χ3v) is 5.56. The van der Waals surface area contributed by atoms with E-state index < -0.39 is 0 Å². The molecular formula is C26H22ClFN2O2. The van der Waals surface area contributed by atoms with E-state index in [0.29, 0.717) is 17.1 Å². The van der Waals surface area contributed by atoms with Crippen LogP contribution in [0.15, 0.2) is 78.9 Å². The second kappa shape index (κ2) is 9.28. The predicted octanol–water partition coefficient (Wildman–Crippen LogP) is 6.18. The molecule has 0 atom stereocenters. The fourth-order valence-corrected chi connectivity index (χ4v) is 3.76. The molecule has 0 unspecified atom stereocenters. The minimum absolute atomic E-state index is 0.205. The number of amides is 1. The van der Waals surface area contributed by atoms with Crippen LogP contribution >= 0.6 is 11.6 Å². The number of carbonyl (C=O) groups excluding carboxylic acids is 1. The van der Waals surface area contributed by atoms with Gasteiger partial charge in [0.05, 0.1) is 18.4 Å². The summed E-state index contributed by atoms with van der Waals surface area (Å²) in [6, 6.07) is 23.1. The van der Waals surface area contributed by atoms with Gasteiger partial charge in [-0.15, -0.1) is 0 Å². The molecular weight excluding hydrogens is 427 g/mol. The maximum absolute atomic E-state index is 13.1. The Bertz CT molecular complexity index is 1250. The Balaban J connectivity index is 1.73. The lowest BCUT2D eigenvalue weighted by atomic mass is 10.1. The molecule has 4 aromatic rings. The molecule has 1 amide bonds. The van der Waals surface area contributed by atoms with E-state index in [1.54, 1.807) is 19.2 Å². The minimum atomic E-state index is -0.307. The van der Waals surface area contributed by atoms with E-state index in [4.69, 9.17) is 16.3 Å². The SMILES string of the molecule is COc1cccc(-n2c(-c3ccc(Cl)cc3)cc(C(=O)NCc3ccc(F)cc3)c2C)c1. The molecule has 1 heterocycles. The quantitative estimate of drug-likeness (QED) is 0.382. The summed E-state index contributed by atoms with van der Waals surface area (Å²) in [6.45, 7) is 2.21. The van der Waals surface area contributed by atoms with Crippen LogP contribution in [0.2, 0.25) is 5.02 Å². The van der Waals surface area contributed by atoms with Crippen LogP contribution in [0.3, 0.4) is 0 Å². The van der Waals surface area contributed by atoms with Crippen LogP contribution in [0.25, 0.3) is 16.9 Å². The normalized spacial score (nSPS) is 10.8. The molecule has 1 N–H and O–H groups in total. The van der Waals surface area contributed by atoms with Crippen molar-refractivity contribution in [3.8, 4) is 22.7 Å². The van der Waals surface area contributed by atoms with Crippen molar-refractivity contribution in [3.63, 3.8) is 0 Å². The van der Waals surface area contributed by atoms with Gasteiger partial charge in [-0.25, -0.2) is 4.39 Å². The van der Waals surface area contributed by atoms with E-state index in [0.717, 1.165) is 34.0 Å². The zero-order valence-corrected chi connectivity index (χ0v) is 18.5. The van der Waals surface area contributed by atoms with Crippen LogP contribution in [-0.2, 0) is 6.54 Å². The number of methoxy groups -OCH3 is 1. The second-order valence-corrected chi connectivity index (χ2v) is 7.82. The fourth-order valence-electron chi connectivity index (χ4n) is 3.63. The first kappa shape index (κ1) is 21.7. The highest BCUT2D eigenvalue weighted by atomic mass is 35.5. The molecule has 0 bridgehead atoms. The molecule has 3 aromatic carbocycles. The van der Waals surface area contributed by atoms with E-state index in [1.165, 1.54) is 12.1 Å². The molecule has 0 aliphatic carbocycles. The van der Waals surface area contributed by atoms with Crippen molar-refractivity contribution in [1.29, 1.82) is 0 Å². The van der Waals surface area contributed by atoms with Crippen LogP contribution in [-0.4, -0.2) is 17.6 Å². The van der Waals surface area contributed by atoms with Crippen molar-refractivity contribution < 1.29 is 13.9 Å². The Morgan fingerprint density at radius 3 is 2.44 bits per heavy atom. The molecule has 0 radical (unpaired) electrons. The summed E-state index contributed by atoms with van der Waals surface area (Å²) in [5.74, 6) is 0.211. The van der Waals surface area contributed by atoms with E-state index in [9.17, 15) is 9.18 Å². The molecule has 4 nitrogen and oxygen atoms in total. The van der Waals surface area contributed by atoms with Gasteiger partial charge in [0.25, 0.3) is 5.91 Å². The Labute approximate surface area is 191 Å². The summed E-state index contributed by atoms with van der Waals surface area (Å²) in [5, 5.41) is 3.57. The number of nitrogens with zero attached hydrogens (tertiary/aromatic N) is 1. The van der Waals surface area contributed by atoms with Crippen LogP contribution in [0.5, 0.6) is 5.75 Å². The monoisotopic (exact) mass is 448 g/mol. The van der Waals surface area contributed by atoms with Crippen molar-refractivity contribution in [1.82, 2.24) is 9.88 Å². The molecule has 0 aliphatic rings. The molecule has 32 heavy (non-hydrogen) atoms. The lowest BCUT2D eigenvalue weighted by Gasteiger charge is -2.13. The number of ether oxygens (including phenoxy) is 1. The summed E-state index contributed by atoms with van der Waals surface area (Å²) >= 11 is 6.08. The lowest BCUT2D eigenvalue weighted by molar-refractivity contribution is 0.0950. The molecule has 0 saturated carbocycles. The smallest absolute Gasteiger partial charge is 0.253 e. The maximum atomic E-state index is 13.1. The maximum Gasteiger partial charge on any atom is 0.253 e. The molecule has 1 aromatic heterocycles. The Hall–Kier alpha value is -3.57. The number of benzene rings is 3. The van der Waals surface area contributed by atoms with Gasteiger partial charge >= 0.3 is 0 Å². The zero-order valence-electron chi connectivity index (χ0n) is 17.7. The van der Waals surface area contributed by atoms with Crippen molar-refractivity contribution in [3.05, 3.63) is 107 Å². The first-order valence-corrected chi connectivity index (χ1v) is 10.5. The highest BCUT2D eigenvalue weighted by Crippen LogP contribution is 2.31. The molecule has 0 saturated heterocycles. The summed E-state index contributed by atoms with van der Waals surface area (Å²) < 4.78 is 20.6. The number of carbonyl (C=O) groups is 1. The number of halogens is 2. The van der Waals surface area contributed by atoms with Crippen LogP contribution in [0.1, 0.15) is 21.6 Å². The third kappa shape index (κ3) is 4.53. The number of rotatable bonds is 6. The van der Waals surface area contributed by atoms with E-state index >= 15 is 0 Å². The topological polar surface area (TPSA) is 43.3 Å². The van der Waals surface area contributed by atoms with Gasteiger partial charge in [0.1, 0.15) is 11.6 Å². The highest BCUT2D eigenvalue weighted by molar-refractivity contribution is 6.30. The van der Waals surface area contributed by atoms with Crippen molar-refractivity contribution in [2.75, 3.05) is 7.11 Å². The summed E-state index contributed by atoms with van der Waals surface area (Å²) in [5.41, 5.74) is 4.84. The first-order chi connectivity index (χ1) is 15.5. The number of nitrogens with one attached hydrogen (secondary N) is 1. The molecule has 0 fully saturated rings. The predicted molar refractivity (Wildman–Crippen MR) is 125 cm³/mol.